The zero-order valence-electron chi connectivity index (χ0n) is 15.4. The molecule has 1 aliphatic rings. The van der Waals surface area contributed by atoms with Crippen LogP contribution in [0.3, 0.4) is 0 Å². The van der Waals surface area contributed by atoms with Gasteiger partial charge in [-0.2, -0.15) is 0 Å². The molecule has 1 aromatic rings. The van der Waals surface area contributed by atoms with Crippen LogP contribution < -0.4 is 10.2 Å². The molecule has 8 heteroatoms. The molecule has 0 saturated carbocycles. The van der Waals surface area contributed by atoms with E-state index in [9.17, 15) is 0 Å². The fourth-order valence-corrected chi connectivity index (χ4v) is 3.50. The van der Waals surface area contributed by atoms with E-state index in [1.807, 2.05) is 26.0 Å². The van der Waals surface area contributed by atoms with Crippen molar-refractivity contribution >= 4 is 46.4 Å². The van der Waals surface area contributed by atoms with Crippen LogP contribution in [0.4, 0.5) is 5.13 Å². The van der Waals surface area contributed by atoms with E-state index in [1.165, 1.54) is 6.54 Å². The van der Waals surface area contributed by atoms with Crippen LogP contribution in [0, 0.1) is 5.92 Å². The first-order chi connectivity index (χ1) is 11.0. The summed E-state index contributed by atoms with van der Waals surface area (Å²) in [7, 11) is 5.90. The molecule has 0 unspecified atom stereocenters. The normalized spacial score (nSPS) is 16.2. The minimum Gasteiger partial charge on any atom is -0.354 e. The number of hydrogen-bond donors (Lipinski definition) is 1. The molecule has 0 spiro atoms. The van der Waals surface area contributed by atoms with Gasteiger partial charge in [-0.3, -0.25) is 9.89 Å². The van der Waals surface area contributed by atoms with Crippen molar-refractivity contribution in [2.45, 2.75) is 20.4 Å². The lowest BCUT2D eigenvalue weighted by molar-refractivity contribution is 0.164. The van der Waals surface area contributed by atoms with E-state index < -0.39 is 0 Å². The number of thiazole rings is 1. The molecule has 0 radical (unpaired) electrons. The Kier molecular flexibility index (Phi) is 9.28. The van der Waals surface area contributed by atoms with Crippen molar-refractivity contribution in [3.8, 4) is 0 Å². The zero-order chi connectivity index (χ0) is 16.8. The van der Waals surface area contributed by atoms with Gasteiger partial charge in [0.1, 0.15) is 0 Å². The van der Waals surface area contributed by atoms with Crippen molar-refractivity contribution < 1.29 is 0 Å². The lowest BCUT2D eigenvalue weighted by Crippen LogP contribution is -2.52. The molecule has 0 amide bonds. The summed E-state index contributed by atoms with van der Waals surface area (Å²) in [6, 6.07) is 0. The van der Waals surface area contributed by atoms with Gasteiger partial charge in [0.05, 0.1) is 12.2 Å². The van der Waals surface area contributed by atoms with Gasteiger partial charge in [0, 0.05) is 59.2 Å². The quantitative estimate of drug-likeness (QED) is 0.410. The Morgan fingerprint density at radius 2 is 2.00 bits per heavy atom. The van der Waals surface area contributed by atoms with Crippen molar-refractivity contribution in [1.29, 1.82) is 0 Å². The Morgan fingerprint density at radius 1 is 1.33 bits per heavy atom. The van der Waals surface area contributed by atoms with Crippen LogP contribution in [0.15, 0.2) is 10.4 Å². The highest BCUT2D eigenvalue weighted by atomic mass is 127. The number of hydrogen-bond acceptors (Lipinski definition) is 5. The third-order valence-corrected chi connectivity index (χ3v) is 4.91. The van der Waals surface area contributed by atoms with Gasteiger partial charge in [0.2, 0.25) is 0 Å². The maximum Gasteiger partial charge on any atom is 0.194 e. The van der Waals surface area contributed by atoms with E-state index in [0.29, 0.717) is 0 Å². The molecule has 24 heavy (non-hydrogen) atoms. The fraction of sp³-hybridized carbons (Fsp3) is 0.750. The van der Waals surface area contributed by atoms with Gasteiger partial charge < -0.3 is 15.1 Å². The van der Waals surface area contributed by atoms with Crippen LogP contribution in [0.25, 0.3) is 0 Å². The number of aliphatic imine (C=N–C) groups is 1. The summed E-state index contributed by atoms with van der Waals surface area (Å²) >= 11 is 1.67. The van der Waals surface area contributed by atoms with Gasteiger partial charge in [0.15, 0.2) is 11.1 Å². The number of aromatic nitrogens is 1. The van der Waals surface area contributed by atoms with E-state index in [0.717, 1.165) is 55.4 Å². The van der Waals surface area contributed by atoms with Gasteiger partial charge in [0.25, 0.3) is 0 Å². The Labute approximate surface area is 167 Å². The zero-order valence-corrected chi connectivity index (χ0v) is 18.6. The van der Waals surface area contributed by atoms with Crippen molar-refractivity contribution in [3.63, 3.8) is 0 Å². The summed E-state index contributed by atoms with van der Waals surface area (Å²) < 4.78 is 0. The number of halogens is 1. The second-order valence-electron chi connectivity index (χ2n) is 6.60. The number of piperazine rings is 1. The second kappa shape index (κ2) is 10.4. The SMILES string of the molecule is CN=C(NCc1csc(N(C)C)n1)N1CCN(CC(C)C)CC1.I. The lowest BCUT2D eigenvalue weighted by atomic mass is 10.2. The van der Waals surface area contributed by atoms with Gasteiger partial charge >= 0.3 is 0 Å². The highest BCUT2D eigenvalue weighted by Crippen LogP contribution is 2.17. The molecular weight excluding hydrogens is 435 g/mol. The highest BCUT2D eigenvalue weighted by molar-refractivity contribution is 14.0. The van der Waals surface area contributed by atoms with Gasteiger partial charge in [-0.1, -0.05) is 13.8 Å². The first kappa shape index (κ1) is 21.4. The predicted molar refractivity (Wildman–Crippen MR) is 115 cm³/mol. The minimum atomic E-state index is 0. The number of rotatable bonds is 5. The molecule has 0 aliphatic carbocycles. The molecule has 6 nitrogen and oxygen atoms in total. The molecule has 0 atom stereocenters. The molecule has 1 aliphatic heterocycles. The molecule has 1 aromatic heterocycles. The Morgan fingerprint density at radius 3 is 2.50 bits per heavy atom. The van der Waals surface area contributed by atoms with E-state index >= 15 is 0 Å². The molecule has 2 heterocycles. The van der Waals surface area contributed by atoms with Crippen LogP contribution in [0.2, 0.25) is 0 Å². The number of nitrogens with one attached hydrogen (secondary N) is 1. The number of anilines is 1. The molecule has 1 saturated heterocycles. The third-order valence-electron chi connectivity index (χ3n) is 3.86. The van der Waals surface area contributed by atoms with Crippen LogP contribution in [0.5, 0.6) is 0 Å². The maximum absolute atomic E-state index is 4.61. The molecule has 0 bridgehead atoms. The maximum atomic E-state index is 4.61. The summed E-state index contributed by atoms with van der Waals surface area (Å²) in [4.78, 5) is 16.0. The van der Waals surface area contributed by atoms with Crippen molar-refractivity contribution in [3.05, 3.63) is 11.1 Å². The van der Waals surface area contributed by atoms with E-state index in [4.69, 9.17) is 0 Å². The standard InChI is InChI=1S/C16H30N6S.HI/c1-13(2)11-21-6-8-22(9-7-21)15(17-3)18-10-14-12-23-16(19-14)20(4)5;/h12-13H,6-11H2,1-5H3,(H,17,18);1H. The molecule has 0 aromatic carbocycles. The average molecular weight is 466 g/mol. The largest absolute Gasteiger partial charge is 0.354 e. The first-order valence-electron chi connectivity index (χ1n) is 8.29. The molecule has 2 rings (SSSR count). The summed E-state index contributed by atoms with van der Waals surface area (Å²) in [6.45, 7) is 10.8. The molecule has 1 fully saturated rings. The van der Waals surface area contributed by atoms with Crippen molar-refractivity contribution in [2.75, 3.05) is 58.8 Å². The predicted octanol–water partition coefficient (Wildman–Crippen LogP) is 2.18. The molecule has 1 N–H and O–H groups in total. The molecule has 138 valence electrons. The Hall–Kier alpha value is -0.610. The second-order valence-corrected chi connectivity index (χ2v) is 7.43. The van der Waals surface area contributed by atoms with Crippen LogP contribution >= 0.6 is 35.3 Å². The number of nitrogens with zero attached hydrogens (tertiary/aromatic N) is 5. The van der Waals surface area contributed by atoms with Crippen molar-refractivity contribution in [2.24, 2.45) is 10.9 Å². The van der Waals surface area contributed by atoms with E-state index in [-0.39, 0.29) is 24.0 Å². The smallest absolute Gasteiger partial charge is 0.194 e. The average Bonchev–Trinajstić information content (AvgIpc) is 2.98. The van der Waals surface area contributed by atoms with Gasteiger partial charge in [-0.25, -0.2) is 4.98 Å². The van der Waals surface area contributed by atoms with Crippen LogP contribution in [-0.2, 0) is 6.54 Å². The third kappa shape index (κ3) is 6.36. The Balaban J connectivity index is 0.00000288. The summed E-state index contributed by atoms with van der Waals surface area (Å²) in [5, 5.41) is 6.59. The highest BCUT2D eigenvalue weighted by Gasteiger charge is 2.20. The van der Waals surface area contributed by atoms with Crippen molar-refractivity contribution in [1.82, 2.24) is 20.1 Å². The topological polar surface area (TPSA) is 47.0 Å². The first-order valence-corrected chi connectivity index (χ1v) is 9.17. The van der Waals surface area contributed by atoms with Crippen LogP contribution in [-0.4, -0.2) is 74.6 Å². The van der Waals surface area contributed by atoms with Gasteiger partial charge in [-0.05, 0) is 5.92 Å². The number of guanidine groups is 1. The van der Waals surface area contributed by atoms with Gasteiger partial charge in [-0.15, -0.1) is 35.3 Å². The minimum absolute atomic E-state index is 0. The Bertz CT molecular complexity index is 508. The van der Waals surface area contributed by atoms with E-state index in [1.54, 1.807) is 11.3 Å². The van der Waals surface area contributed by atoms with Crippen LogP contribution in [0.1, 0.15) is 19.5 Å². The lowest BCUT2D eigenvalue weighted by Gasteiger charge is -2.37. The van der Waals surface area contributed by atoms with E-state index in [2.05, 4.69) is 44.3 Å². The molecular formula is C16H31IN6S. The summed E-state index contributed by atoms with van der Waals surface area (Å²) in [6.07, 6.45) is 0. The fourth-order valence-electron chi connectivity index (χ4n) is 2.74. The summed E-state index contributed by atoms with van der Waals surface area (Å²) in [5.74, 6) is 1.71. The monoisotopic (exact) mass is 466 g/mol. The summed E-state index contributed by atoms with van der Waals surface area (Å²) in [5.41, 5.74) is 1.07.